The Labute approximate surface area is 219 Å². The number of carbonyl (C=O) groups is 1. The van der Waals surface area contributed by atoms with Crippen LogP contribution in [0.2, 0.25) is 0 Å². The van der Waals surface area contributed by atoms with Gasteiger partial charge in [-0.2, -0.15) is 5.48 Å². The van der Waals surface area contributed by atoms with Crippen LogP contribution < -0.4 is 10.2 Å². The first-order valence-electron chi connectivity index (χ1n) is 13.0. The molecule has 0 unspecified atom stereocenters. The normalized spacial score (nSPS) is 27.9. The molecule has 198 valence electrons. The molecule has 3 fully saturated rings. The van der Waals surface area contributed by atoms with E-state index in [1.54, 1.807) is 7.11 Å². The van der Waals surface area contributed by atoms with Crippen LogP contribution in [0, 0.1) is 16.7 Å². The molecule has 4 atom stereocenters. The molecule has 37 heavy (non-hydrogen) atoms. The quantitative estimate of drug-likeness (QED) is 0.485. The fourth-order valence-electron chi connectivity index (χ4n) is 6.79. The monoisotopic (exact) mass is 524 g/mol. The maximum absolute atomic E-state index is 13.9. The van der Waals surface area contributed by atoms with Gasteiger partial charge in [-0.1, -0.05) is 68.5 Å². The molecule has 1 N–H and O–H groups in total. The molecule has 2 aromatic carbocycles. The van der Waals surface area contributed by atoms with Crippen LogP contribution in [0.1, 0.15) is 50.7 Å². The summed E-state index contributed by atoms with van der Waals surface area (Å²) in [6.45, 7) is 4.64. The molecule has 2 saturated carbocycles. The van der Waals surface area contributed by atoms with Crippen molar-refractivity contribution in [3.63, 3.8) is 0 Å². The highest BCUT2D eigenvalue weighted by molar-refractivity contribution is 7.90. The molecule has 8 heteroatoms. The van der Waals surface area contributed by atoms with Crippen molar-refractivity contribution < 1.29 is 22.8 Å². The summed E-state index contributed by atoms with van der Waals surface area (Å²) in [6, 6.07) is 16.1. The number of hydrogen-bond acceptors (Lipinski definition) is 6. The van der Waals surface area contributed by atoms with E-state index in [1.807, 2.05) is 66.7 Å². The van der Waals surface area contributed by atoms with Gasteiger partial charge >= 0.3 is 0 Å². The Balaban J connectivity index is 1.36. The summed E-state index contributed by atoms with van der Waals surface area (Å²) in [7, 11) is -2.10. The van der Waals surface area contributed by atoms with Gasteiger partial charge in [-0.25, -0.2) is 12.7 Å². The summed E-state index contributed by atoms with van der Waals surface area (Å²) in [6.07, 6.45) is 6.73. The number of fused-ring (bicyclic) bond motifs is 1. The van der Waals surface area contributed by atoms with Gasteiger partial charge < -0.3 is 4.74 Å². The smallest absolute Gasteiger partial charge is 0.256 e. The van der Waals surface area contributed by atoms with Crippen molar-refractivity contribution in [2.24, 2.45) is 16.7 Å². The van der Waals surface area contributed by atoms with E-state index in [-0.39, 0.29) is 35.7 Å². The minimum absolute atomic E-state index is 0.0547. The van der Waals surface area contributed by atoms with Crippen molar-refractivity contribution in [2.45, 2.75) is 58.2 Å². The van der Waals surface area contributed by atoms with Crippen LogP contribution in [0.5, 0.6) is 5.75 Å². The van der Waals surface area contributed by atoms with Crippen molar-refractivity contribution in [3.8, 4) is 5.75 Å². The van der Waals surface area contributed by atoms with Crippen LogP contribution in [0.3, 0.4) is 0 Å². The number of carbonyl (C=O) groups excluding carboxylic acids is 1. The predicted molar refractivity (Wildman–Crippen MR) is 143 cm³/mol. The highest BCUT2D eigenvalue weighted by atomic mass is 32.2. The molecule has 3 aliphatic rings. The first kappa shape index (κ1) is 25.9. The number of rotatable bonds is 9. The average Bonchev–Trinajstić information content (AvgIpc) is 3.36. The third kappa shape index (κ3) is 4.60. The molecule has 0 radical (unpaired) electrons. The van der Waals surface area contributed by atoms with Crippen molar-refractivity contribution >= 4 is 22.0 Å². The van der Waals surface area contributed by atoms with Gasteiger partial charge in [0.1, 0.15) is 11.8 Å². The summed E-state index contributed by atoms with van der Waals surface area (Å²) < 4.78 is 33.3. The number of amides is 1. The lowest BCUT2D eigenvalue weighted by Crippen LogP contribution is -2.51. The van der Waals surface area contributed by atoms with Crippen molar-refractivity contribution in [2.75, 3.05) is 12.9 Å². The van der Waals surface area contributed by atoms with Crippen molar-refractivity contribution in [3.05, 3.63) is 71.8 Å². The standard InChI is InChI=1S/C29H36N2O5S/c1-28(2)23-16-17-29(28)20-37(33,34)31(26(29)18-23)27(32)25(30-36-19-22-8-5-4-6-9-22)11-7-10-21-12-14-24(35-3)15-13-21/h4-10,12-15,23,25-26,30H,11,16-20H2,1-3H3/b10-7+/t23-,25+,26-,29-/m1/s1. The largest absolute Gasteiger partial charge is 0.497 e. The topological polar surface area (TPSA) is 84.9 Å². The van der Waals surface area contributed by atoms with E-state index in [0.717, 1.165) is 36.1 Å². The minimum Gasteiger partial charge on any atom is -0.497 e. The molecule has 0 aromatic heterocycles. The van der Waals surface area contributed by atoms with Crippen molar-refractivity contribution in [1.29, 1.82) is 0 Å². The number of sulfonamides is 1. The Bertz CT molecular complexity index is 1260. The molecular formula is C29H36N2O5S. The van der Waals surface area contributed by atoms with Gasteiger partial charge in [0.05, 0.1) is 25.5 Å². The zero-order chi connectivity index (χ0) is 26.3. The van der Waals surface area contributed by atoms with E-state index < -0.39 is 22.0 Å². The van der Waals surface area contributed by atoms with Crippen LogP contribution in [0.25, 0.3) is 6.08 Å². The summed E-state index contributed by atoms with van der Waals surface area (Å²) in [5, 5.41) is 0. The molecular weight excluding hydrogens is 488 g/mol. The van der Waals surface area contributed by atoms with Gasteiger partial charge in [0, 0.05) is 5.41 Å². The summed E-state index contributed by atoms with van der Waals surface area (Å²) >= 11 is 0. The molecule has 1 spiro atoms. The van der Waals surface area contributed by atoms with E-state index in [1.165, 1.54) is 4.31 Å². The van der Waals surface area contributed by atoms with Gasteiger partial charge in [-0.15, -0.1) is 0 Å². The van der Waals surface area contributed by atoms with Crippen LogP contribution in [0.4, 0.5) is 0 Å². The predicted octanol–water partition coefficient (Wildman–Crippen LogP) is 4.56. The fraction of sp³-hybridized carbons (Fsp3) is 0.483. The van der Waals surface area contributed by atoms with E-state index in [9.17, 15) is 13.2 Å². The van der Waals surface area contributed by atoms with E-state index in [2.05, 4.69) is 19.3 Å². The minimum atomic E-state index is -3.72. The highest BCUT2D eigenvalue weighted by Crippen LogP contribution is 2.70. The first-order chi connectivity index (χ1) is 17.7. The van der Waals surface area contributed by atoms with E-state index in [4.69, 9.17) is 9.57 Å². The SMILES string of the molecule is COc1ccc(/C=C/C[C@H](NOCc2ccccc2)C(=O)N2[C@@H]3C[C@H]4CC[C@]3(CS2(=O)=O)C4(C)C)cc1. The molecule has 2 bridgehead atoms. The Morgan fingerprint density at radius 3 is 2.57 bits per heavy atom. The number of benzene rings is 2. The maximum atomic E-state index is 13.9. The number of hydrogen-bond donors (Lipinski definition) is 1. The number of nitrogens with one attached hydrogen (secondary N) is 1. The first-order valence-corrected chi connectivity index (χ1v) is 14.6. The van der Waals surface area contributed by atoms with Crippen LogP contribution >= 0.6 is 0 Å². The highest BCUT2D eigenvalue weighted by Gasteiger charge is 2.72. The third-order valence-electron chi connectivity index (χ3n) is 9.03. The van der Waals surface area contributed by atoms with Gasteiger partial charge in [0.2, 0.25) is 10.0 Å². The molecule has 1 saturated heterocycles. The maximum Gasteiger partial charge on any atom is 0.256 e. The Morgan fingerprint density at radius 1 is 1.16 bits per heavy atom. The Hall–Kier alpha value is -2.68. The lowest BCUT2D eigenvalue weighted by Gasteiger charge is -2.37. The number of nitrogens with zero attached hydrogens (tertiary/aromatic N) is 1. The summed E-state index contributed by atoms with van der Waals surface area (Å²) in [5.41, 5.74) is 4.36. The molecule has 2 aliphatic carbocycles. The van der Waals surface area contributed by atoms with Gasteiger partial charge in [-0.05, 0) is 60.3 Å². The third-order valence-corrected chi connectivity index (χ3v) is 10.9. The Kier molecular flexibility index (Phi) is 6.94. The van der Waals surface area contributed by atoms with Crippen molar-refractivity contribution in [1.82, 2.24) is 9.79 Å². The molecule has 2 aromatic rings. The van der Waals surface area contributed by atoms with Gasteiger partial charge in [0.15, 0.2) is 0 Å². The molecule has 1 aliphatic heterocycles. The molecule has 1 heterocycles. The van der Waals surface area contributed by atoms with E-state index >= 15 is 0 Å². The fourth-order valence-corrected chi connectivity index (χ4v) is 9.36. The average molecular weight is 525 g/mol. The molecule has 5 rings (SSSR count). The zero-order valence-corrected chi connectivity index (χ0v) is 22.5. The second kappa shape index (κ2) is 9.89. The number of hydroxylamine groups is 1. The lowest BCUT2D eigenvalue weighted by atomic mass is 9.69. The zero-order valence-electron chi connectivity index (χ0n) is 21.7. The van der Waals surface area contributed by atoms with Crippen LogP contribution in [-0.4, -0.2) is 43.6 Å². The van der Waals surface area contributed by atoms with E-state index in [0.29, 0.717) is 5.92 Å². The van der Waals surface area contributed by atoms with Crippen LogP contribution in [-0.2, 0) is 26.3 Å². The second-order valence-corrected chi connectivity index (χ2v) is 13.0. The van der Waals surface area contributed by atoms with Crippen LogP contribution in [0.15, 0.2) is 60.7 Å². The molecule has 7 nitrogen and oxygen atoms in total. The lowest BCUT2D eigenvalue weighted by molar-refractivity contribution is -0.136. The summed E-state index contributed by atoms with van der Waals surface area (Å²) in [5.74, 6) is 0.832. The Morgan fingerprint density at radius 2 is 1.89 bits per heavy atom. The van der Waals surface area contributed by atoms with Gasteiger partial charge in [0.25, 0.3) is 5.91 Å². The number of ether oxygens (including phenoxy) is 1. The summed E-state index contributed by atoms with van der Waals surface area (Å²) in [4.78, 5) is 19.6. The van der Waals surface area contributed by atoms with Gasteiger partial charge in [-0.3, -0.25) is 9.63 Å². The second-order valence-electron chi connectivity index (χ2n) is 11.1. The number of methoxy groups -OCH3 is 1. The molecule has 1 amide bonds.